The van der Waals surface area contributed by atoms with Crippen LogP contribution in [0.5, 0.6) is 0 Å². The summed E-state index contributed by atoms with van der Waals surface area (Å²) in [5.41, 5.74) is 1.38. The molecule has 2 nitrogen and oxygen atoms in total. The fourth-order valence-electron chi connectivity index (χ4n) is 2.68. The van der Waals surface area contributed by atoms with Crippen molar-refractivity contribution in [3.05, 3.63) is 24.2 Å². The zero-order valence-electron chi connectivity index (χ0n) is 6.99. The van der Waals surface area contributed by atoms with Gasteiger partial charge in [-0.15, -0.1) is 0 Å². The van der Waals surface area contributed by atoms with Gasteiger partial charge in [-0.2, -0.15) is 0 Å². The molecule has 1 aromatic heterocycles. The lowest BCUT2D eigenvalue weighted by Crippen LogP contribution is -2.21. The second-order valence-electron chi connectivity index (χ2n) is 3.95. The first-order valence-corrected chi connectivity index (χ1v) is 4.71. The molecule has 3 unspecified atom stereocenters. The van der Waals surface area contributed by atoms with E-state index in [2.05, 4.69) is 11.4 Å². The van der Waals surface area contributed by atoms with E-state index >= 15 is 0 Å². The van der Waals surface area contributed by atoms with Crippen LogP contribution in [0.1, 0.15) is 30.7 Å². The van der Waals surface area contributed by atoms with Crippen LogP contribution in [0.25, 0.3) is 0 Å². The SMILES string of the molecule is c1cc(C2CC3CCC2N3)co1. The van der Waals surface area contributed by atoms with E-state index in [0.717, 1.165) is 18.0 Å². The molecule has 0 aliphatic carbocycles. The van der Waals surface area contributed by atoms with Gasteiger partial charge in [-0.25, -0.2) is 0 Å². The van der Waals surface area contributed by atoms with Gasteiger partial charge in [0, 0.05) is 18.0 Å². The summed E-state index contributed by atoms with van der Waals surface area (Å²) in [5.74, 6) is 0.725. The largest absolute Gasteiger partial charge is 0.472 e. The maximum atomic E-state index is 5.11. The van der Waals surface area contributed by atoms with Crippen LogP contribution in [0.15, 0.2) is 23.0 Å². The van der Waals surface area contributed by atoms with Gasteiger partial charge in [-0.3, -0.25) is 0 Å². The zero-order valence-corrected chi connectivity index (χ0v) is 6.99. The van der Waals surface area contributed by atoms with Crippen LogP contribution in [0.4, 0.5) is 0 Å². The molecule has 2 fully saturated rings. The van der Waals surface area contributed by atoms with Crippen LogP contribution in [0.3, 0.4) is 0 Å². The van der Waals surface area contributed by atoms with Crippen molar-refractivity contribution < 1.29 is 4.42 Å². The number of rotatable bonds is 1. The summed E-state index contributed by atoms with van der Waals surface area (Å²) in [5, 5.41) is 3.62. The van der Waals surface area contributed by atoms with E-state index in [4.69, 9.17) is 4.42 Å². The number of furan rings is 1. The monoisotopic (exact) mass is 163 g/mol. The third-order valence-corrected chi connectivity index (χ3v) is 3.27. The summed E-state index contributed by atoms with van der Waals surface area (Å²) in [6, 6.07) is 3.62. The van der Waals surface area contributed by atoms with Gasteiger partial charge in [0.15, 0.2) is 0 Å². The molecule has 0 radical (unpaired) electrons. The summed E-state index contributed by atoms with van der Waals surface area (Å²) in [6.07, 6.45) is 7.71. The molecule has 2 heteroatoms. The molecule has 64 valence electrons. The Morgan fingerprint density at radius 2 is 2.42 bits per heavy atom. The van der Waals surface area contributed by atoms with Gasteiger partial charge in [0.1, 0.15) is 0 Å². The van der Waals surface area contributed by atoms with Gasteiger partial charge in [0.25, 0.3) is 0 Å². The van der Waals surface area contributed by atoms with Gasteiger partial charge >= 0.3 is 0 Å². The molecule has 12 heavy (non-hydrogen) atoms. The van der Waals surface area contributed by atoms with Crippen molar-refractivity contribution in [1.29, 1.82) is 0 Å². The van der Waals surface area contributed by atoms with Crippen molar-refractivity contribution in [2.24, 2.45) is 0 Å². The molecule has 2 aliphatic rings. The Morgan fingerprint density at radius 1 is 1.42 bits per heavy atom. The van der Waals surface area contributed by atoms with Crippen LogP contribution in [0.2, 0.25) is 0 Å². The quantitative estimate of drug-likeness (QED) is 0.684. The van der Waals surface area contributed by atoms with Crippen molar-refractivity contribution in [1.82, 2.24) is 5.32 Å². The zero-order chi connectivity index (χ0) is 7.97. The van der Waals surface area contributed by atoms with Crippen molar-refractivity contribution in [3.63, 3.8) is 0 Å². The van der Waals surface area contributed by atoms with Crippen LogP contribution < -0.4 is 5.32 Å². The predicted octanol–water partition coefficient (Wildman–Crippen LogP) is 1.89. The fraction of sp³-hybridized carbons (Fsp3) is 0.600. The molecular weight excluding hydrogens is 150 g/mol. The summed E-state index contributed by atoms with van der Waals surface area (Å²) in [4.78, 5) is 0. The Hall–Kier alpha value is -0.760. The molecule has 2 bridgehead atoms. The minimum atomic E-state index is 0.725. The van der Waals surface area contributed by atoms with Crippen LogP contribution in [-0.2, 0) is 0 Å². The normalized spacial score (nSPS) is 39.2. The molecule has 0 amide bonds. The maximum Gasteiger partial charge on any atom is 0.0937 e. The average molecular weight is 163 g/mol. The van der Waals surface area contributed by atoms with E-state index in [9.17, 15) is 0 Å². The lowest BCUT2D eigenvalue weighted by atomic mass is 9.85. The molecule has 3 atom stereocenters. The van der Waals surface area contributed by atoms with E-state index in [1.165, 1.54) is 24.8 Å². The van der Waals surface area contributed by atoms with Gasteiger partial charge in [0.05, 0.1) is 12.5 Å². The van der Waals surface area contributed by atoms with Gasteiger partial charge in [0.2, 0.25) is 0 Å². The number of hydrogen-bond donors (Lipinski definition) is 1. The molecule has 3 rings (SSSR count). The van der Waals surface area contributed by atoms with E-state index in [0.29, 0.717) is 0 Å². The van der Waals surface area contributed by atoms with E-state index < -0.39 is 0 Å². The number of fused-ring (bicyclic) bond motifs is 2. The number of hydrogen-bond acceptors (Lipinski definition) is 2. The molecule has 0 aromatic carbocycles. The first kappa shape index (κ1) is 6.72. The summed E-state index contributed by atoms with van der Waals surface area (Å²) in [6.45, 7) is 0. The van der Waals surface area contributed by atoms with E-state index in [1.54, 1.807) is 6.26 Å². The lowest BCUT2D eigenvalue weighted by Gasteiger charge is -2.17. The summed E-state index contributed by atoms with van der Waals surface area (Å²) in [7, 11) is 0. The topological polar surface area (TPSA) is 25.2 Å². The Bertz CT molecular complexity index is 267. The summed E-state index contributed by atoms with van der Waals surface area (Å²) >= 11 is 0. The lowest BCUT2D eigenvalue weighted by molar-refractivity contribution is 0.496. The highest BCUT2D eigenvalue weighted by molar-refractivity contribution is 5.20. The Kier molecular flexibility index (Phi) is 1.32. The van der Waals surface area contributed by atoms with Crippen molar-refractivity contribution in [3.8, 4) is 0 Å². The molecule has 0 saturated carbocycles. The predicted molar refractivity (Wildman–Crippen MR) is 46.0 cm³/mol. The maximum absolute atomic E-state index is 5.11. The van der Waals surface area contributed by atoms with Crippen molar-refractivity contribution >= 4 is 0 Å². The molecule has 1 N–H and O–H groups in total. The second-order valence-corrected chi connectivity index (χ2v) is 3.95. The van der Waals surface area contributed by atoms with E-state index in [1.807, 2.05) is 6.26 Å². The highest BCUT2D eigenvalue weighted by Crippen LogP contribution is 2.39. The van der Waals surface area contributed by atoms with Crippen LogP contribution in [-0.4, -0.2) is 12.1 Å². The Labute approximate surface area is 72.0 Å². The first-order chi connectivity index (χ1) is 5.93. The highest BCUT2D eigenvalue weighted by Gasteiger charge is 2.39. The van der Waals surface area contributed by atoms with E-state index in [-0.39, 0.29) is 0 Å². The minimum absolute atomic E-state index is 0.725. The Morgan fingerprint density at radius 3 is 3.00 bits per heavy atom. The number of nitrogens with one attached hydrogen (secondary N) is 1. The smallest absolute Gasteiger partial charge is 0.0937 e. The third-order valence-electron chi connectivity index (χ3n) is 3.27. The second kappa shape index (κ2) is 2.36. The van der Waals surface area contributed by atoms with Gasteiger partial charge < -0.3 is 9.73 Å². The third kappa shape index (κ3) is 0.845. The molecule has 0 spiro atoms. The molecular formula is C10H13NO. The molecule has 1 aromatic rings. The van der Waals surface area contributed by atoms with Crippen molar-refractivity contribution in [2.45, 2.75) is 37.3 Å². The van der Waals surface area contributed by atoms with Gasteiger partial charge in [-0.1, -0.05) is 0 Å². The standard InChI is InChI=1S/C10H13NO/c1-2-10-9(5-8(1)11-10)7-3-4-12-6-7/h3-4,6,8-11H,1-2,5H2. The highest BCUT2D eigenvalue weighted by atomic mass is 16.3. The minimum Gasteiger partial charge on any atom is -0.472 e. The van der Waals surface area contributed by atoms with Crippen molar-refractivity contribution in [2.75, 3.05) is 0 Å². The van der Waals surface area contributed by atoms with Crippen LogP contribution >= 0.6 is 0 Å². The molecule has 2 aliphatic heterocycles. The average Bonchev–Trinajstić information content (AvgIpc) is 2.81. The summed E-state index contributed by atoms with van der Waals surface area (Å²) < 4.78 is 5.11. The first-order valence-electron chi connectivity index (χ1n) is 4.71. The fourth-order valence-corrected chi connectivity index (χ4v) is 2.68. The molecule has 3 heterocycles. The van der Waals surface area contributed by atoms with Gasteiger partial charge in [-0.05, 0) is 30.9 Å². The van der Waals surface area contributed by atoms with Crippen LogP contribution in [0, 0.1) is 0 Å². The molecule has 2 saturated heterocycles. The Balaban J connectivity index is 1.87.